The molecule has 1 N–H and O–H groups in total. The number of anilines is 1. The molecule has 1 fully saturated rings. The molecule has 1 saturated heterocycles. The van der Waals surface area contributed by atoms with Crippen molar-refractivity contribution in [3.05, 3.63) is 46.2 Å². The van der Waals surface area contributed by atoms with E-state index in [2.05, 4.69) is 15.2 Å². The van der Waals surface area contributed by atoms with Gasteiger partial charge in [0.1, 0.15) is 10.8 Å². The minimum atomic E-state index is -4.82. The summed E-state index contributed by atoms with van der Waals surface area (Å²) >= 11 is 1.57. The predicted molar refractivity (Wildman–Crippen MR) is 94.0 cm³/mol. The maximum Gasteiger partial charge on any atom is 0.419 e. The Bertz CT molecular complexity index is 782. The topological polar surface area (TPSA) is 48.5 Å². The van der Waals surface area contributed by atoms with Crippen molar-refractivity contribution in [1.82, 2.24) is 14.8 Å². The van der Waals surface area contributed by atoms with Gasteiger partial charge in [-0.05, 0) is 24.6 Å². The van der Waals surface area contributed by atoms with Crippen LogP contribution in [0.4, 0.5) is 28.0 Å². The van der Waals surface area contributed by atoms with Crippen LogP contribution in [0, 0.1) is 5.82 Å². The summed E-state index contributed by atoms with van der Waals surface area (Å²) in [4.78, 5) is 20.4. The van der Waals surface area contributed by atoms with Gasteiger partial charge in [0.25, 0.3) is 0 Å². The SMILES string of the molecule is O=C(Nc1ccc(F)c(C(F)(F)F)c1)N1CCCN(Cc2nccs2)CC1. The molecule has 27 heavy (non-hydrogen) atoms. The first-order chi connectivity index (χ1) is 12.8. The van der Waals surface area contributed by atoms with E-state index in [0.29, 0.717) is 38.3 Å². The lowest BCUT2D eigenvalue weighted by atomic mass is 10.2. The van der Waals surface area contributed by atoms with Crippen LogP contribution in [-0.2, 0) is 12.7 Å². The third kappa shape index (κ3) is 5.16. The molecule has 146 valence electrons. The highest BCUT2D eigenvalue weighted by Gasteiger charge is 2.34. The third-order valence-electron chi connectivity index (χ3n) is 4.24. The van der Waals surface area contributed by atoms with E-state index >= 15 is 0 Å². The molecular formula is C17H18F4N4OS. The molecule has 0 aliphatic carbocycles. The first-order valence-electron chi connectivity index (χ1n) is 8.36. The highest BCUT2D eigenvalue weighted by molar-refractivity contribution is 7.09. The van der Waals surface area contributed by atoms with Gasteiger partial charge in [-0.3, -0.25) is 4.90 Å². The number of rotatable bonds is 3. The predicted octanol–water partition coefficient (Wildman–Crippen LogP) is 4.04. The molecule has 5 nitrogen and oxygen atoms in total. The van der Waals surface area contributed by atoms with Crippen LogP contribution in [0.1, 0.15) is 17.0 Å². The molecule has 0 unspecified atom stereocenters. The molecule has 0 radical (unpaired) electrons. The Kier molecular flexibility index (Phi) is 5.95. The lowest BCUT2D eigenvalue weighted by Gasteiger charge is -2.22. The van der Waals surface area contributed by atoms with E-state index < -0.39 is 23.6 Å². The Hall–Kier alpha value is -2.20. The molecule has 1 aliphatic heterocycles. The number of aromatic nitrogens is 1. The monoisotopic (exact) mass is 402 g/mol. The third-order valence-corrected chi connectivity index (χ3v) is 5.01. The molecule has 2 amide bonds. The molecule has 2 heterocycles. The molecule has 2 aromatic rings. The number of thiazole rings is 1. The van der Waals surface area contributed by atoms with Crippen LogP contribution < -0.4 is 5.32 Å². The maximum atomic E-state index is 13.4. The number of alkyl halides is 3. The minimum Gasteiger partial charge on any atom is -0.323 e. The molecule has 1 aliphatic rings. The average Bonchev–Trinajstić information content (AvgIpc) is 2.99. The first kappa shape index (κ1) is 19.6. The molecular weight excluding hydrogens is 384 g/mol. The number of amides is 2. The molecule has 0 bridgehead atoms. The van der Waals surface area contributed by atoms with Crippen LogP contribution in [0.15, 0.2) is 29.8 Å². The fourth-order valence-corrected chi connectivity index (χ4v) is 3.53. The van der Waals surface area contributed by atoms with Crippen molar-refractivity contribution in [1.29, 1.82) is 0 Å². The summed E-state index contributed by atoms with van der Waals surface area (Å²) in [5.41, 5.74) is -1.48. The molecule has 3 rings (SSSR count). The Labute approximate surface area is 157 Å². The van der Waals surface area contributed by atoms with Gasteiger partial charge in [-0.1, -0.05) is 0 Å². The van der Waals surface area contributed by atoms with Crippen molar-refractivity contribution in [3.63, 3.8) is 0 Å². The quantitative estimate of drug-likeness (QED) is 0.789. The van der Waals surface area contributed by atoms with Crippen LogP contribution in [0.3, 0.4) is 0 Å². The van der Waals surface area contributed by atoms with E-state index in [1.807, 2.05) is 5.38 Å². The van der Waals surface area contributed by atoms with E-state index in [-0.39, 0.29) is 5.69 Å². The summed E-state index contributed by atoms with van der Waals surface area (Å²) in [5, 5.41) is 5.34. The van der Waals surface area contributed by atoms with E-state index in [4.69, 9.17) is 0 Å². The van der Waals surface area contributed by atoms with Crippen molar-refractivity contribution >= 4 is 23.1 Å². The van der Waals surface area contributed by atoms with E-state index in [9.17, 15) is 22.4 Å². The molecule has 10 heteroatoms. The molecule has 1 aromatic carbocycles. The largest absolute Gasteiger partial charge is 0.419 e. The summed E-state index contributed by atoms with van der Waals surface area (Å²) in [6.45, 7) is 3.10. The van der Waals surface area contributed by atoms with Gasteiger partial charge in [0.2, 0.25) is 0 Å². The van der Waals surface area contributed by atoms with Gasteiger partial charge >= 0.3 is 12.2 Å². The second-order valence-electron chi connectivity index (χ2n) is 6.17. The van der Waals surface area contributed by atoms with Gasteiger partial charge in [-0.2, -0.15) is 13.2 Å². The number of benzene rings is 1. The van der Waals surface area contributed by atoms with Gasteiger partial charge in [-0.15, -0.1) is 11.3 Å². The zero-order valence-electron chi connectivity index (χ0n) is 14.3. The number of halogens is 4. The molecule has 0 saturated carbocycles. The van der Waals surface area contributed by atoms with Gasteiger partial charge in [0.05, 0.1) is 12.1 Å². The average molecular weight is 402 g/mol. The van der Waals surface area contributed by atoms with Crippen molar-refractivity contribution in [3.8, 4) is 0 Å². The van der Waals surface area contributed by atoms with Gasteiger partial charge in [0, 0.05) is 43.4 Å². The summed E-state index contributed by atoms with van der Waals surface area (Å²) in [5.74, 6) is -1.37. The van der Waals surface area contributed by atoms with Crippen molar-refractivity contribution < 1.29 is 22.4 Å². The molecule has 0 spiro atoms. The minimum absolute atomic E-state index is 0.0855. The Morgan fingerprint density at radius 3 is 2.74 bits per heavy atom. The van der Waals surface area contributed by atoms with Gasteiger partial charge in [-0.25, -0.2) is 14.2 Å². The van der Waals surface area contributed by atoms with E-state index in [0.717, 1.165) is 24.0 Å². The summed E-state index contributed by atoms with van der Waals surface area (Å²) in [6, 6.07) is 1.94. The smallest absolute Gasteiger partial charge is 0.323 e. The zero-order valence-corrected chi connectivity index (χ0v) is 15.1. The first-order valence-corrected chi connectivity index (χ1v) is 9.24. The van der Waals surface area contributed by atoms with E-state index in [1.54, 1.807) is 22.4 Å². The van der Waals surface area contributed by atoms with Crippen molar-refractivity contribution in [2.24, 2.45) is 0 Å². The van der Waals surface area contributed by atoms with Gasteiger partial charge in [0.15, 0.2) is 0 Å². The number of hydrogen-bond donors (Lipinski definition) is 1. The number of hydrogen-bond acceptors (Lipinski definition) is 4. The van der Waals surface area contributed by atoms with Crippen LogP contribution in [0.5, 0.6) is 0 Å². The lowest BCUT2D eigenvalue weighted by molar-refractivity contribution is -0.139. The fraction of sp³-hybridized carbons (Fsp3) is 0.412. The maximum absolute atomic E-state index is 13.4. The fourth-order valence-electron chi connectivity index (χ4n) is 2.88. The standard InChI is InChI=1S/C17H18F4N4OS/c18-14-3-2-12(10-13(14)17(19,20)21)23-16(26)25-6-1-5-24(7-8-25)11-15-22-4-9-27-15/h2-4,9-10H,1,5-8,11H2,(H,23,26). The number of urea groups is 1. The Morgan fingerprint density at radius 1 is 1.22 bits per heavy atom. The second kappa shape index (κ2) is 8.22. The van der Waals surface area contributed by atoms with E-state index in [1.165, 1.54) is 0 Å². The number of carbonyl (C=O) groups is 1. The van der Waals surface area contributed by atoms with Crippen LogP contribution in [-0.4, -0.2) is 47.0 Å². The van der Waals surface area contributed by atoms with Crippen molar-refractivity contribution in [2.75, 3.05) is 31.5 Å². The van der Waals surface area contributed by atoms with Crippen LogP contribution in [0.2, 0.25) is 0 Å². The Balaban J connectivity index is 1.60. The molecule has 1 aromatic heterocycles. The lowest BCUT2D eigenvalue weighted by Crippen LogP contribution is -2.38. The highest BCUT2D eigenvalue weighted by Crippen LogP contribution is 2.33. The summed E-state index contributed by atoms with van der Waals surface area (Å²) in [6.07, 6.45) is -2.32. The van der Waals surface area contributed by atoms with Crippen LogP contribution in [0.25, 0.3) is 0 Å². The van der Waals surface area contributed by atoms with Gasteiger partial charge < -0.3 is 10.2 Å². The summed E-state index contributed by atoms with van der Waals surface area (Å²) < 4.78 is 51.8. The summed E-state index contributed by atoms with van der Waals surface area (Å²) in [7, 11) is 0. The Morgan fingerprint density at radius 2 is 2.04 bits per heavy atom. The van der Waals surface area contributed by atoms with Crippen molar-refractivity contribution in [2.45, 2.75) is 19.1 Å². The number of nitrogens with zero attached hydrogens (tertiary/aromatic N) is 3. The second-order valence-corrected chi connectivity index (χ2v) is 7.14. The van der Waals surface area contributed by atoms with Crippen LogP contribution >= 0.6 is 11.3 Å². The zero-order chi connectivity index (χ0) is 19.4. The number of carbonyl (C=O) groups excluding carboxylic acids is 1. The molecule has 0 atom stereocenters. The number of nitrogens with one attached hydrogen (secondary N) is 1. The normalized spacial score (nSPS) is 16.2. The highest BCUT2D eigenvalue weighted by atomic mass is 32.1.